The largest absolute Gasteiger partial charge is 0.508 e. The predicted molar refractivity (Wildman–Crippen MR) is 181 cm³/mol. The summed E-state index contributed by atoms with van der Waals surface area (Å²) in [7, 11) is 0. The average molecular weight is 682 g/mol. The number of likely N-dealkylation sites (tertiary alicyclic amines) is 2. The number of piperidine rings is 1. The lowest BCUT2D eigenvalue weighted by molar-refractivity contribution is -0.144. The number of hydrogen-bond acceptors (Lipinski definition) is 6. The van der Waals surface area contributed by atoms with Crippen LogP contribution in [0.5, 0.6) is 5.75 Å². The Hall–Kier alpha value is -4.34. The van der Waals surface area contributed by atoms with Crippen LogP contribution in [0, 0.1) is 34.9 Å². The van der Waals surface area contributed by atoms with Gasteiger partial charge in [-0.1, -0.05) is 65.7 Å². The number of phenols is 1. The van der Waals surface area contributed by atoms with Gasteiger partial charge in [0.2, 0.25) is 23.6 Å². The molecule has 5 aliphatic rings. The molecule has 3 saturated heterocycles. The third-order valence-electron chi connectivity index (χ3n) is 11.8. The molecular weight excluding hydrogens is 645 g/mol. The molecule has 10 heteroatoms. The maximum atomic E-state index is 14.5. The lowest BCUT2D eigenvalue weighted by Gasteiger charge is -2.49. The molecule has 2 aliphatic carbocycles. The van der Waals surface area contributed by atoms with Crippen LogP contribution < -0.4 is 4.90 Å². The number of amides is 4. The third kappa shape index (κ3) is 4.96. The van der Waals surface area contributed by atoms with E-state index in [4.69, 9.17) is 11.6 Å². The summed E-state index contributed by atoms with van der Waals surface area (Å²) >= 11 is 6.09. The molecule has 3 aliphatic heterocycles. The molecule has 0 bridgehead atoms. The highest BCUT2D eigenvalue weighted by Gasteiger charge is 2.67. The van der Waals surface area contributed by atoms with Crippen molar-refractivity contribution in [2.75, 3.05) is 18.0 Å². The van der Waals surface area contributed by atoms with Crippen molar-refractivity contribution in [3.8, 4) is 5.75 Å². The minimum Gasteiger partial charge on any atom is -0.508 e. The number of phenolic OH excluding ortho intramolecular Hbond substituents is 1. The van der Waals surface area contributed by atoms with Crippen LogP contribution in [-0.2, 0) is 25.7 Å². The van der Waals surface area contributed by atoms with Gasteiger partial charge >= 0.3 is 0 Å². The molecular formula is C39H37ClFN3O5. The Kier molecular flexibility index (Phi) is 7.76. The van der Waals surface area contributed by atoms with Crippen LogP contribution in [0.3, 0.4) is 0 Å². The zero-order chi connectivity index (χ0) is 34.2. The summed E-state index contributed by atoms with van der Waals surface area (Å²) in [6.45, 7) is 4.15. The van der Waals surface area contributed by atoms with Crippen LogP contribution in [0.4, 0.5) is 10.1 Å². The Morgan fingerprint density at radius 3 is 2.37 bits per heavy atom. The quantitative estimate of drug-likeness (QED) is 0.259. The highest BCUT2D eigenvalue weighted by molar-refractivity contribution is 6.31. The molecule has 0 aromatic heterocycles. The maximum Gasteiger partial charge on any atom is 0.241 e. The van der Waals surface area contributed by atoms with Crippen molar-refractivity contribution < 1.29 is 28.7 Å². The van der Waals surface area contributed by atoms with E-state index in [0.29, 0.717) is 24.8 Å². The van der Waals surface area contributed by atoms with Crippen LogP contribution >= 0.6 is 11.6 Å². The summed E-state index contributed by atoms with van der Waals surface area (Å²) in [6.07, 6.45) is 3.98. The van der Waals surface area contributed by atoms with Crippen molar-refractivity contribution in [2.45, 2.75) is 51.1 Å². The number of anilines is 1. The fourth-order valence-corrected chi connectivity index (χ4v) is 9.71. The number of carbonyl (C=O) groups excluding carboxylic acids is 4. The fourth-order valence-electron chi connectivity index (χ4n) is 9.53. The van der Waals surface area contributed by atoms with Crippen molar-refractivity contribution in [1.82, 2.24) is 9.80 Å². The van der Waals surface area contributed by atoms with Crippen LogP contribution in [0.2, 0.25) is 5.02 Å². The van der Waals surface area contributed by atoms with E-state index in [9.17, 15) is 28.7 Å². The van der Waals surface area contributed by atoms with E-state index in [2.05, 4.69) is 17.0 Å². The summed E-state index contributed by atoms with van der Waals surface area (Å²) in [5, 5.41) is 10.3. The number of carbonyl (C=O) groups is 4. The molecule has 6 atom stereocenters. The second kappa shape index (κ2) is 11.9. The van der Waals surface area contributed by atoms with Crippen molar-refractivity contribution in [3.05, 3.63) is 106 Å². The number of fused-ring (bicyclic) bond motifs is 4. The smallest absolute Gasteiger partial charge is 0.241 e. The first kappa shape index (κ1) is 31.9. The summed E-state index contributed by atoms with van der Waals surface area (Å²) in [5.41, 5.74) is 1.65. The van der Waals surface area contributed by atoms with Crippen LogP contribution in [0.25, 0.3) is 0 Å². The van der Waals surface area contributed by atoms with Crippen LogP contribution in [-0.4, -0.2) is 57.7 Å². The molecule has 49 heavy (non-hydrogen) atoms. The van der Waals surface area contributed by atoms with E-state index in [1.807, 2.05) is 30.3 Å². The van der Waals surface area contributed by atoms with E-state index in [-0.39, 0.29) is 40.7 Å². The molecule has 8 nitrogen and oxygen atoms in total. The number of nitrogens with zero attached hydrogens (tertiary/aromatic N) is 3. The summed E-state index contributed by atoms with van der Waals surface area (Å²) < 4.78 is 14.1. The van der Waals surface area contributed by atoms with Gasteiger partial charge in [0.05, 0.1) is 33.9 Å². The van der Waals surface area contributed by atoms with E-state index in [1.54, 1.807) is 25.1 Å². The van der Waals surface area contributed by atoms with Gasteiger partial charge in [0.25, 0.3) is 0 Å². The van der Waals surface area contributed by atoms with Crippen molar-refractivity contribution in [3.63, 3.8) is 0 Å². The fraction of sp³-hybridized carbons (Fsp3) is 0.385. The first-order chi connectivity index (χ1) is 23.6. The van der Waals surface area contributed by atoms with Gasteiger partial charge < -0.3 is 5.11 Å². The van der Waals surface area contributed by atoms with E-state index < -0.39 is 52.6 Å². The Morgan fingerprint density at radius 2 is 1.65 bits per heavy atom. The Morgan fingerprint density at radius 1 is 0.898 bits per heavy atom. The van der Waals surface area contributed by atoms with E-state index in [1.165, 1.54) is 22.6 Å². The summed E-state index contributed by atoms with van der Waals surface area (Å²) in [5.74, 6) is -4.96. The van der Waals surface area contributed by atoms with Crippen molar-refractivity contribution in [2.24, 2.45) is 29.1 Å². The second-order valence-electron chi connectivity index (χ2n) is 14.4. The van der Waals surface area contributed by atoms with E-state index >= 15 is 0 Å². The zero-order valence-electron chi connectivity index (χ0n) is 27.1. The standard InChI is InChI=1S/C39H37ClFN3O5/c1-39-30(36(47)44(38(39)49)25-10-13-32(41)31(40)19-25)20-29-27(34(39)23-8-5-9-26(45)18-23)11-12-28-33(29)37(48)43(35(28)46)24-14-16-42(17-15-24)21-22-6-3-2-4-7-22/h2-11,13,18-19,24,28-30,33-34,45H,12,14-17,20-21H2,1H3/t28-,29+,30-,33-,34-,39+/m0/s1. The topological polar surface area (TPSA) is 98.2 Å². The molecule has 3 heterocycles. The minimum absolute atomic E-state index is 0.0184. The number of aromatic hydroxyl groups is 1. The third-order valence-corrected chi connectivity index (χ3v) is 12.1. The van der Waals surface area contributed by atoms with Gasteiger partial charge in [-0.25, -0.2) is 9.29 Å². The number of imide groups is 2. The zero-order valence-corrected chi connectivity index (χ0v) is 27.9. The molecule has 0 radical (unpaired) electrons. The van der Waals surface area contributed by atoms with Crippen LogP contribution in [0.1, 0.15) is 49.7 Å². The number of rotatable bonds is 5. The molecule has 0 unspecified atom stereocenters. The molecule has 1 saturated carbocycles. The van der Waals surface area contributed by atoms with Gasteiger partial charge in [-0.05, 0) is 80.0 Å². The monoisotopic (exact) mass is 681 g/mol. The van der Waals surface area contributed by atoms with Gasteiger partial charge in [-0.3, -0.25) is 29.0 Å². The van der Waals surface area contributed by atoms with Crippen LogP contribution in [0.15, 0.2) is 84.4 Å². The second-order valence-corrected chi connectivity index (χ2v) is 14.8. The first-order valence-corrected chi connectivity index (χ1v) is 17.4. The number of hydrogen-bond donors (Lipinski definition) is 1. The van der Waals surface area contributed by atoms with Gasteiger partial charge in [0.1, 0.15) is 11.6 Å². The predicted octanol–water partition coefficient (Wildman–Crippen LogP) is 6.08. The maximum absolute atomic E-state index is 14.5. The molecule has 252 valence electrons. The van der Waals surface area contributed by atoms with E-state index in [0.717, 1.165) is 36.2 Å². The number of allylic oxidation sites excluding steroid dienone is 2. The average Bonchev–Trinajstić information content (AvgIpc) is 3.46. The summed E-state index contributed by atoms with van der Waals surface area (Å²) in [4.78, 5) is 62.3. The molecule has 4 fully saturated rings. The van der Waals surface area contributed by atoms with Gasteiger partial charge in [-0.2, -0.15) is 0 Å². The lowest BCUT2D eigenvalue weighted by Crippen LogP contribution is -2.49. The Bertz CT molecular complexity index is 1910. The first-order valence-electron chi connectivity index (χ1n) is 17.0. The van der Waals surface area contributed by atoms with Gasteiger partial charge in [0, 0.05) is 31.6 Å². The lowest BCUT2D eigenvalue weighted by atomic mass is 9.51. The normalized spacial score (nSPS) is 30.3. The van der Waals surface area contributed by atoms with Crippen molar-refractivity contribution >= 4 is 40.9 Å². The molecule has 1 N–H and O–H groups in total. The molecule has 0 spiro atoms. The van der Waals surface area contributed by atoms with Gasteiger partial charge in [-0.15, -0.1) is 0 Å². The summed E-state index contributed by atoms with van der Waals surface area (Å²) in [6, 6.07) is 20.5. The number of benzene rings is 3. The molecule has 3 aromatic carbocycles. The molecule has 3 aromatic rings. The highest BCUT2D eigenvalue weighted by atomic mass is 35.5. The molecule has 4 amide bonds. The number of halogens is 2. The Balaban J connectivity index is 1.12. The van der Waals surface area contributed by atoms with Gasteiger partial charge in [0.15, 0.2) is 0 Å². The van der Waals surface area contributed by atoms with Crippen molar-refractivity contribution in [1.29, 1.82) is 0 Å². The molecule has 8 rings (SSSR count). The Labute approximate surface area is 289 Å². The SMILES string of the molecule is C[C@@]12C(=O)N(c3ccc(F)c(Cl)c3)C(=O)[C@@H]1C[C@@H]1C(=CC[C@@H]3C(=O)N(C4CCN(Cc5ccccc5)CC4)C(=O)[C@@H]31)[C@@H]2c1cccc(O)c1. The highest BCUT2D eigenvalue weighted by Crippen LogP contribution is 2.64. The minimum atomic E-state index is -1.27.